The third kappa shape index (κ3) is 2.15. The highest BCUT2D eigenvalue weighted by Crippen LogP contribution is 2.28. The molecule has 0 unspecified atom stereocenters. The van der Waals surface area contributed by atoms with Crippen LogP contribution >= 0.6 is 15.9 Å². The smallest absolute Gasteiger partial charge is 0.264 e. The normalized spacial score (nSPS) is 10.7. The average Bonchev–Trinajstić information content (AvgIpc) is 2.01. The van der Waals surface area contributed by atoms with E-state index in [2.05, 4.69) is 15.9 Å². The monoisotopic (exact) mass is 266 g/mol. The molecule has 0 aromatic heterocycles. The van der Waals surface area contributed by atoms with E-state index in [9.17, 15) is 18.0 Å². The summed E-state index contributed by atoms with van der Waals surface area (Å²) in [7, 11) is 0. The average molecular weight is 267 g/mol. The Balaban J connectivity index is 3.44. The van der Waals surface area contributed by atoms with Crippen LogP contribution in [0, 0.1) is 5.82 Å². The zero-order valence-electron chi connectivity index (χ0n) is 7.15. The van der Waals surface area contributed by atoms with Crippen LogP contribution in [0.4, 0.5) is 13.2 Å². The van der Waals surface area contributed by atoms with Gasteiger partial charge in [0.2, 0.25) is 0 Å². The molecular formula is C9H6BrF3O. The summed E-state index contributed by atoms with van der Waals surface area (Å²) in [5.74, 6) is -1.63. The second kappa shape index (κ2) is 4.13. The summed E-state index contributed by atoms with van der Waals surface area (Å²) in [6.45, 7) is 1.05. The predicted molar refractivity (Wildman–Crippen MR) is 49.1 cm³/mol. The van der Waals surface area contributed by atoms with Crippen molar-refractivity contribution in [3.63, 3.8) is 0 Å². The fourth-order valence-electron chi connectivity index (χ4n) is 1.14. The van der Waals surface area contributed by atoms with Crippen molar-refractivity contribution in [3.05, 3.63) is 33.5 Å². The summed E-state index contributed by atoms with van der Waals surface area (Å²) in [6, 6.07) is 2.03. The number of carbonyl (C=O) groups is 1. The molecule has 0 heterocycles. The summed E-state index contributed by atoms with van der Waals surface area (Å²) >= 11 is 2.88. The maximum atomic E-state index is 13.1. The molecule has 0 saturated heterocycles. The van der Waals surface area contributed by atoms with Crippen molar-refractivity contribution in [3.8, 4) is 0 Å². The molecule has 1 rings (SSSR count). The van der Waals surface area contributed by atoms with Crippen molar-refractivity contribution in [2.24, 2.45) is 0 Å². The van der Waals surface area contributed by atoms with Gasteiger partial charge in [-0.05, 0) is 19.1 Å². The van der Waals surface area contributed by atoms with E-state index in [0.29, 0.717) is 0 Å². The number of Topliss-reactive ketones (excluding diaryl/α,β-unsaturated/α-hetero) is 1. The topological polar surface area (TPSA) is 17.1 Å². The summed E-state index contributed by atoms with van der Waals surface area (Å²) in [5.41, 5.74) is -1.12. The summed E-state index contributed by atoms with van der Waals surface area (Å²) < 4.78 is 38.1. The number of alkyl halides is 2. The van der Waals surface area contributed by atoms with Gasteiger partial charge in [0.25, 0.3) is 6.43 Å². The van der Waals surface area contributed by atoms with Gasteiger partial charge < -0.3 is 0 Å². The van der Waals surface area contributed by atoms with Crippen LogP contribution < -0.4 is 0 Å². The Bertz CT molecular complexity index is 377. The molecule has 0 amide bonds. The number of rotatable bonds is 2. The molecule has 1 aromatic carbocycles. The van der Waals surface area contributed by atoms with E-state index < -0.39 is 29.2 Å². The summed E-state index contributed by atoms with van der Waals surface area (Å²) in [4.78, 5) is 10.9. The minimum atomic E-state index is -2.86. The number of carbonyl (C=O) groups excluding carboxylic acids is 1. The van der Waals surface area contributed by atoms with E-state index in [4.69, 9.17) is 0 Å². The van der Waals surface area contributed by atoms with Gasteiger partial charge in [-0.1, -0.05) is 15.9 Å². The van der Waals surface area contributed by atoms with Crippen LogP contribution in [0.3, 0.4) is 0 Å². The van der Waals surface area contributed by atoms with E-state index in [1.165, 1.54) is 0 Å². The Labute approximate surface area is 87.1 Å². The van der Waals surface area contributed by atoms with Crippen LogP contribution in [0.2, 0.25) is 0 Å². The Hall–Kier alpha value is -0.840. The predicted octanol–water partition coefficient (Wildman–Crippen LogP) is 3.73. The Morgan fingerprint density at radius 1 is 1.43 bits per heavy atom. The first-order valence-corrected chi connectivity index (χ1v) is 4.50. The third-order valence-electron chi connectivity index (χ3n) is 1.67. The third-order valence-corrected chi connectivity index (χ3v) is 2.13. The zero-order chi connectivity index (χ0) is 10.9. The molecule has 0 aliphatic heterocycles. The lowest BCUT2D eigenvalue weighted by Crippen LogP contribution is -2.04. The van der Waals surface area contributed by atoms with Gasteiger partial charge in [0, 0.05) is 10.0 Å². The van der Waals surface area contributed by atoms with Gasteiger partial charge in [0.15, 0.2) is 5.78 Å². The van der Waals surface area contributed by atoms with Gasteiger partial charge in [-0.2, -0.15) is 0 Å². The second-order valence-corrected chi connectivity index (χ2v) is 3.62. The van der Waals surface area contributed by atoms with E-state index >= 15 is 0 Å². The fourth-order valence-corrected chi connectivity index (χ4v) is 1.58. The first kappa shape index (κ1) is 11.2. The molecular weight excluding hydrogens is 261 g/mol. The maximum absolute atomic E-state index is 13.1. The molecule has 0 spiro atoms. The Morgan fingerprint density at radius 3 is 2.43 bits per heavy atom. The van der Waals surface area contributed by atoms with Gasteiger partial charge in [0.05, 0.1) is 5.56 Å². The number of benzene rings is 1. The molecule has 14 heavy (non-hydrogen) atoms. The molecule has 0 aliphatic rings. The number of hydrogen-bond donors (Lipinski definition) is 0. The van der Waals surface area contributed by atoms with Gasteiger partial charge in [0.1, 0.15) is 5.82 Å². The molecule has 76 valence electrons. The van der Waals surface area contributed by atoms with Crippen molar-refractivity contribution < 1.29 is 18.0 Å². The standard InChI is InChI=1S/C9H6BrF3O/c1-4(14)8-6(9(12)13)2-5(10)3-7(8)11/h2-3,9H,1H3. The first-order chi connectivity index (χ1) is 6.43. The van der Waals surface area contributed by atoms with Crippen LogP contribution in [0.1, 0.15) is 29.3 Å². The van der Waals surface area contributed by atoms with Crippen molar-refractivity contribution in [2.45, 2.75) is 13.3 Å². The minimum absolute atomic E-state index is 0.190. The van der Waals surface area contributed by atoms with Crippen LogP contribution in [0.15, 0.2) is 16.6 Å². The first-order valence-electron chi connectivity index (χ1n) is 3.71. The molecule has 0 radical (unpaired) electrons. The second-order valence-electron chi connectivity index (χ2n) is 2.71. The van der Waals surface area contributed by atoms with Crippen LogP contribution in [-0.2, 0) is 0 Å². The highest BCUT2D eigenvalue weighted by Gasteiger charge is 2.20. The number of halogens is 4. The SMILES string of the molecule is CC(=O)c1c(F)cc(Br)cc1C(F)F. The maximum Gasteiger partial charge on any atom is 0.264 e. The Kier molecular flexibility index (Phi) is 3.31. The number of ketones is 1. The van der Waals surface area contributed by atoms with E-state index in [1.54, 1.807) is 0 Å². The van der Waals surface area contributed by atoms with Gasteiger partial charge >= 0.3 is 0 Å². The van der Waals surface area contributed by atoms with Crippen LogP contribution in [0.5, 0.6) is 0 Å². The quantitative estimate of drug-likeness (QED) is 0.746. The lowest BCUT2D eigenvalue weighted by molar-refractivity contribution is 0.0994. The zero-order valence-corrected chi connectivity index (χ0v) is 8.74. The Morgan fingerprint density at radius 2 is 2.00 bits per heavy atom. The molecule has 1 aromatic rings. The van der Waals surface area contributed by atoms with Crippen LogP contribution in [0.25, 0.3) is 0 Å². The highest BCUT2D eigenvalue weighted by atomic mass is 79.9. The molecule has 1 nitrogen and oxygen atoms in total. The van der Waals surface area contributed by atoms with Gasteiger partial charge in [-0.25, -0.2) is 13.2 Å². The van der Waals surface area contributed by atoms with Crippen molar-refractivity contribution in [2.75, 3.05) is 0 Å². The van der Waals surface area contributed by atoms with Crippen molar-refractivity contribution in [1.29, 1.82) is 0 Å². The molecule has 0 aliphatic carbocycles. The van der Waals surface area contributed by atoms with E-state index in [0.717, 1.165) is 19.1 Å². The minimum Gasteiger partial charge on any atom is -0.294 e. The van der Waals surface area contributed by atoms with Crippen molar-refractivity contribution in [1.82, 2.24) is 0 Å². The lowest BCUT2D eigenvalue weighted by Gasteiger charge is -2.07. The van der Waals surface area contributed by atoms with Crippen molar-refractivity contribution >= 4 is 21.7 Å². The highest BCUT2D eigenvalue weighted by molar-refractivity contribution is 9.10. The van der Waals surface area contributed by atoms with E-state index in [-0.39, 0.29) is 4.47 Å². The molecule has 0 fully saturated rings. The molecule has 0 N–H and O–H groups in total. The lowest BCUT2D eigenvalue weighted by atomic mass is 10.0. The molecule has 0 bridgehead atoms. The molecule has 0 atom stereocenters. The largest absolute Gasteiger partial charge is 0.294 e. The fraction of sp³-hybridized carbons (Fsp3) is 0.222. The van der Waals surface area contributed by atoms with Crippen LogP contribution in [-0.4, -0.2) is 5.78 Å². The van der Waals surface area contributed by atoms with E-state index in [1.807, 2.05) is 0 Å². The molecule has 5 heteroatoms. The van der Waals surface area contributed by atoms with Gasteiger partial charge in [-0.15, -0.1) is 0 Å². The summed E-state index contributed by atoms with van der Waals surface area (Å²) in [6.07, 6.45) is -2.86. The molecule has 0 saturated carbocycles. The summed E-state index contributed by atoms with van der Waals surface area (Å²) in [5, 5.41) is 0. The number of hydrogen-bond acceptors (Lipinski definition) is 1. The van der Waals surface area contributed by atoms with Gasteiger partial charge in [-0.3, -0.25) is 4.79 Å².